The van der Waals surface area contributed by atoms with E-state index in [0.29, 0.717) is 9.01 Å². The van der Waals surface area contributed by atoms with Crippen molar-refractivity contribution in [3.05, 3.63) is 88.1 Å². The molecule has 7 nitrogen and oxygen atoms in total. The second kappa shape index (κ2) is 7.22. The fraction of sp³-hybridized carbons (Fsp3) is 0. The number of benzene rings is 2. The first-order valence-electron chi connectivity index (χ1n) is 8.15. The highest BCUT2D eigenvalue weighted by atomic mass is 32.2. The summed E-state index contributed by atoms with van der Waals surface area (Å²) in [6, 6.07) is 11.0. The van der Waals surface area contributed by atoms with Gasteiger partial charge in [0.1, 0.15) is 11.4 Å². The quantitative estimate of drug-likeness (QED) is 0.492. The van der Waals surface area contributed by atoms with Crippen molar-refractivity contribution in [3.8, 4) is 0 Å². The molecule has 146 valence electrons. The molecular formula is C19H11FN2O5S2. The minimum absolute atomic E-state index is 0.0145. The normalized spacial score (nSPS) is 11.5. The maximum Gasteiger partial charge on any atom is 0.396 e. The summed E-state index contributed by atoms with van der Waals surface area (Å²) < 4.78 is 45.8. The first kappa shape index (κ1) is 19.0. The Kier molecular flexibility index (Phi) is 4.73. The SMILES string of the molecule is O=C(c1ccncc1)N(c1ccc2oc(=O)sc2c1)S(=O)(=O)c1ccc(F)cc1. The lowest BCUT2D eigenvalue weighted by atomic mass is 10.2. The van der Waals surface area contributed by atoms with Gasteiger partial charge in [0.15, 0.2) is 0 Å². The molecule has 0 aliphatic carbocycles. The van der Waals surface area contributed by atoms with Crippen LogP contribution in [0.5, 0.6) is 0 Å². The third kappa shape index (κ3) is 3.55. The first-order chi connectivity index (χ1) is 13.9. The molecule has 2 aromatic carbocycles. The second-order valence-electron chi connectivity index (χ2n) is 5.85. The maximum absolute atomic E-state index is 13.3. The van der Waals surface area contributed by atoms with Gasteiger partial charge in [0, 0.05) is 18.0 Å². The number of aromatic nitrogens is 1. The van der Waals surface area contributed by atoms with Gasteiger partial charge in [-0.1, -0.05) is 11.3 Å². The molecule has 4 rings (SSSR count). The largest absolute Gasteiger partial charge is 0.414 e. The van der Waals surface area contributed by atoms with Crippen LogP contribution in [0.25, 0.3) is 10.3 Å². The van der Waals surface area contributed by atoms with E-state index < -0.39 is 26.7 Å². The Balaban J connectivity index is 1.91. The molecule has 29 heavy (non-hydrogen) atoms. The molecule has 0 fully saturated rings. The van der Waals surface area contributed by atoms with Gasteiger partial charge in [-0.15, -0.1) is 0 Å². The Morgan fingerprint density at radius 2 is 1.72 bits per heavy atom. The number of carbonyl (C=O) groups is 1. The minimum atomic E-state index is -4.39. The zero-order valence-corrected chi connectivity index (χ0v) is 16.1. The number of nitrogens with zero attached hydrogens (tertiary/aromatic N) is 2. The zero-order chi connectivity index (χ0) is 20.6. The van der Waals surface area contributed by atoms with Crippen molar-refractivity contribution in [1.82, 2.24) is 4.98 Å². The topological polar surface area (TPSA) is 97.6 Å². The summed E-state index contributed by atoms with van der Waals surface area (Å²) in [6.45, 7) is 0. The lowest BCUT2D eigenvalue weighted by molar-refractivity contribution is 0.101. The molecule has 2 heterocycles. The number of pyridine rings is 1. The van der Waals surface area contributed by atoms with E-state index in [2.05, 4.69) is 4.98 Å². The van der Waals surface area contributed by atoms with Crippen molar-refractivity contribution in [1.29, 1.82) is 0 Å². The summed E-state index contributed by atoms with van der Waals surface area (Å²) in [5.74, 6) is -1.44. The molecule has 0 spiro atoms. The Hall–Kier alpha value is -3.37. The van der Waals surface area contributed by atoms with Gasteiger partial charge in [-0.3, -0.25) is 9.78 Å². The van der Waals surface area contributed by atoms with Gasteiger partial charge in [0.25, 0.3) is 15.9 Å². The summed E-state index contributed by atoms with van der Waals surface area (Å²) in [7, 11) is -4.39. The molecule has 4 aromatic rings. The van der Waals surface area contributed by atoms with Crippen molar-refractivity contribution in [3.63, 3.8) is 0 Å². The maximum atomic E-state index is 13.3. The van der Waals surface area contributed by atoms with Crippen LogP contribution >= 0.6 is 11.3 Å². The highest BCUT2D eigenvalue weighted by molar-refractivity contribution is 7.93. The summed E-state index contributed by atoms with van der Waals surface area (Å²) >= 11 is 0.785. The van der Waals surface area contributed by atoms with E-state index in [1.807, 2.05) is 0 Å². The molecule has 0 atom stereocenters. The van der Waals surface area contributed by atoms with Crippen LogP contribution in [0.2, 0.25) is 0 Å². The summed E-state index contributed by atoms with van der Waals surface area (Å²) in [5, 5.41) is 0. The number of sulfonamides is 1. The lowest BCUT2D eigenvalue weighted by Crippen LogP contribution is -2.37. The highest BCUT2D eigenvalue weighted by Gasteiger charge is 2.32. The number of amides is 1. The van der Waals surface area contributed by atoms with E-state index in [0.717, 1.165) is 35.6 Å². The van der Waals surface area contributed by atoms with Crippen molar-refractivity contribution < 1.29 is 22.0 Å². The van der Waals surface area contributed by atoms with Gasteiger partial charge in [0.2, 0.25) is 0 Å². The van der Waals surface area contributed by atoms with Gasteiger partial charge in [-0.2, -0.15) is 4.31 Å². The fourth-order valence-corrected chi connectivity index (χ4v) is 4.78. The van der Waals surface area contributed by atoms with E-state index in [1.54, 1.807) is 0 Å². The van der Waals surface area contributed by atoms with Gasteiger partial charge in [-0.25, -0.2) is 17.6 Å². The monoisotopic (exact) mass is 430 g/mol. The molecule has 0 aliphatic heterocycles. The molecule has 0 radical (unpaired) electrons. The number of anilines is 1. The first-order valence-corrected chi connectivity index (χ1v) is 10.4. The Bertz CT molecular complexity index is 1360. The molecule has 2 aromatic heterocycles. The molecule has 10 heteroatoms. The summed E-state index contributed by atoms with van der Waals surface area (Å²) in [6.07, 6.45) is 2.72. The van der Waals surface area contributed by atoms with Crippen LogP contribution < -0.4 is 9.24 Å². The number of carbonyl (C=O) groups excluding carboxylic acids is 1. The van der Waals surface area contributed by atoms with Crippen molar-refractivity contribution in [2.45, 2.75) is 4.90 Å². The number of hydrogen-bond acceptors (Lipinski definition) is 7. The molecule has 0 saturated heterocycles. The van der Waals surface area contributed by atoms with E-state index in [4.69, 9.17) is 4.42 Å². The Morgan fingerprint density at radius 3 is 2.41 bits per heavy atom. The van der Waals surface area contributed by atoms with Gasteiger partial charge >= 0.3 is 4.94 Å². The molecule has 0 N–H and O–H groups in total. The van der Waals surface area contributed by atoms with Crippen LogP contribution in [0.15, 0.2) is 81.1 Å². The van der Waals surface area contributed by atoms with E-state index in [-0.39, 0.29) is 21.7 Å². The van der Waals surface area contributed by atoms with Crippen molar-refractivity contribution in [2.75, 3.05) is 4.31 Å². The standard InChI is InChI=1S/C19H11FN2O5S2/c20-13-1-4-15(5-2-13)29(25,26)22(18(23)12-7-9-21-10-8-12)14-3-6-16-17(11-14)28-19(24)27-16/h1-11H. The zero-order valence-electron chi connectivity index (χ0n) is 14.5. The van der Waals surface area contributed by atoms with Crippen LogP contribution in [0.1, 0.15) is 10.4 Å². The molecule has 0 aliphatic rings. The Labute approximate surface area is 167 Å². The third-order valence-corrected chi connectivity index (χ3v) is 6.53. The van der Waals surface area contributed by atoms with Gasteiger partial charge in [0.05, 0.1) is 15.3 Å². The van der Waals surface area contributed by atoms with Gasteiger partial charge in [-0.05, 0) is 54.6 Å². The van der Waals surface area contributed by atoms with Crippen LogP contribution in [0.4, 0.5) is 10.1 Å². The lowest BCUT2D eigenvalue weighted by Gasteiger charge is -2.22. The van der Waals surface area contributed by atoms with Gasteiger partial charge < -0.3 is 4.42 Å². The average molecular weight is 430 g/mol. The number of fused-ring (bicyclic) bond motifs is 1. The highest BCUT2D eigenvalue weighted by Crippen LogP contribution is 2.30. The van der Waals surface area contributed by atoms with E-state index in [1.165, 1.54) is 42.7 Å². The summed E-state index contributed by atoms with van der Waals surface area (Å²) in [4.78, 5) is 27.6. The Morgan fingerprint density at radius 1 is 1.03 bits per heavy atom. The number of halogens is 1. The number of hydrogen-bond donors (Lipinski definition) is 0. The molecule has 0 saturated carbocycles. The second-order valence-corrected chi connectivity index (χ2v) is 8.61. The molecule has 0 unspecified atom stereocenters. The number of rotatable bonds is 4. The van der Waals surface area contributed by atoms with Crippen LogP contribution in [0, 0.1) is 5.82 Å². The fourth-order valence-electron chi connectivity index (χ4n) is 2.68. The van der Waals surface area contributed by atoms with Crippen LogP contribution in [-0.2, 0) is 10.0 Å². The van der Waals surface area contributed by atoms with Crippen LogP contribution in [0.3, 0.4) is 0 Å². The molecule has 1 amide bonds. The van der Waals surface area contributed by atoms with E-state index >= 15 is 0 Å². The minimum Gasteiger partial charge on any atom is -0.414 e. The third-order valence-electron chi connectivity index (χ3n) is 4.01. The smallest absolute Gasteiger partial charge is 0.396 e. The van der Waals surface area contributed by atoms with Crippen molar-refractivity contribution in [2.24, 2.45) is 0 Å². The summed E-state index contributed by atoms with van der Waals surface area (Å²) in [5.41, 5.74) is 0.381. The predicted molar refractivity (Wildman–Crippen MR) is 105 cm³/mol. The molecule has 0 bridgehead atoms. The predicted octanol–water partition coefficient (Wildman–Crippen LogP) is 3.42. The van der Waals surface area contributed by atoms with Crippen LogP contribution in [-0.4, -0.2) is 19.3 Å². The van der Waals surface area contributed by atoms with E-state index in [9.17, 15) is 22.4 Å². The molecular weight excluding hydrogens is 419 g/mol. The average Bonchev–Trinajstić information content (AvgIpc) is 3.08. The van der Waals surface area contributed by atoms with Crippen molar-refractivity contribution >= 4 is 43.2 Å².